The van der Waals surface area contributed by atoms with Crippen LogP contribution in [-0.2, 0) is 4.84 Å². The number of aromatic nitrogens is 2. The van der Waals surface area contributed by atoms with E-state index in [1.807, 2.05) is 30.3 Å². The zero-order valence-electron chi connectivity index (χ0n) is 14.2. The third-order valence-electron chi connectivity index (χ3n) is 4.37. The Kier molecular flexibility index (Phi) is 4.79. The maximum atomic E-state index is 13.3. The van der Waals surface area contributed by atoms with Crippen LogP contribution in [-0.4, -0.2) is 34.4 Å². The first kappa shape index (κ1) is 17.5. The number of nitrogens with one attached hydrogen (secondary N) is 2. The first-order chi connectivity index (χ1) is 13.1. The largest absolute Gasteiger partial charge is 0.432 e. The molecule has 138 valence electrons. The van der Waals surface area contributed by atoms with Crippen LogP contribution in [0.2, 0.25) is 5.02 Å². The number of halogens is 2. The average Bonchev–Trinajstić information content (AvgIpc) is 3.07. The number of benzene rings is 2. The lowest BCUT2D eigenvalue weighted by Crippen LogP contribution is -2.33. The first-order valence-corrected chi connectivity index (χ1v) is 8.79. The van der Waals surface area contributed by atoms with E-state index in [0.717, 1.165) is 22.0 Å². The van der Waals surface area contributed by atoms with Gasteiger partial charge in [-0.25, -0.2) is 9.18 Å². The standard InChI is InChI=1S/C19H16ClFN4O2/c20-15-11-13(5-6-16(15)21)12-7-9-25(10-8-12)27-19(26)22-18-14-3-1-2-4-17(14)23-24-18/h1-7,11H,8-10H2,(H2,22,23,24,26). The molecule has 0 fully saturated rings. The van der Waals surface area contributed by atoms with Crippen LogP contribution in [0.15, 0.2) is 48.5 Å². The Morgan fingerprint density at radius 1 is 1.30 bits per heavy atom. The number of carbonyl (C=O) groups is 1. The number of rotatable bonds is 3. The van der Waals surface area contributed by atoms with Gasteiger partial charge in [0.25, 0.3) is 0 Å². The molecule has 0 saturated heterocycles. The van der Waals surface area contributed by atoms with Crippen molar-refractivity contribution in [2.45, 2.75) is 6.42 Å². The van der Waals surface area contributed by atoms with Crippen molar-refractivity contribution in [3.63, 3.8) is 0 Å². The van der Waals surface area contributed by atoms with Gasteiger partial charge >= 0.3 is 6.09 Å². The van der Waals surface area contributed by atoms with Gasteiger partial charge < -0.3 is 4.84 Å². The summed E-state index contributed by atoms with van der Waals surface area (Å²) in [5.41, 5.74) is 2.74. The Morgan fingerprint density at radius 3 is 2.93 bits per heavy atom. The normalized spacial score (nSPS) is 14.8. The molecule has 1 aliphatic rings. The summed E-state index contributed by atoms with van der Waals surface area (Å²) in [4.78, 5) is 17.5. The number of aromatic amines is 1. The Bertz CT molecular complexity index is 1030. The summed E-state index contributed by atoms with van der Waals surface area (Å²) in [6.07, 6.45) is 1.99. The monoisotopic (exact) mass is 386 g/mol. The topological polar surface area (TPSA) is 70.2 Å². The summed E-state index contributed by atoms with van der Waals surface area (Å²) < 4.78 is 13.3. The van der Waals surface area contributed by atoms with Crippen molar-refractivity contribution in [3.8, 4) is 0 Å². The third-order valence-corrected chi connectivity index (χ3v) is 4.65. The Labute approximate surface area is 159 Å². The van der Waals surface area contributed by atoms with Crippen LogP contribution in [0.25, 0.3) is 16.5 Å². The second kappa shape index (κ2) is 7.38. The van der Waals surface area contributed by atoms with E-state index < -0.39 is 11.9 Å². The molecular formula is C19H16ClFN4O2. The van der Waals surface area contributed by atoms with Gasteiger partial charge in [0.1, 0.15) is 5.82 Å². The molecule has 8 heteroatoms. The molecule has 3 aromatic rings. The van der Waals surface area contributed by atoms with Gasteiger partial charge in [-0.1, -0.05) is 35.9 Å². The number of nitrogens with zero attached hydrogens (tertiary/aromatic N) is 2. The van der Waals surface area contributed by atoms with Crippen LogP contribution in [0.1, 0.15) is 12.0 Å². The molecule has 0 radical (unpaired) electrons. The fourth-order valence-corrected chi connectivity index (χ4v) is 3.17. The van der Waals surface area contributed by atoms with Crippen molar-refractivity contribution < 1.29 is 14.0 Å². The molecule has 0 spiro atoms. The minimum absolute atomic E-state index is 0.0951. The predicted molar refractivity (Wildman–Crippen MR) is 102 cm³/mol. The Morgan fingerprint density at radius 2 is 2.15 bits per heavy atom. The second-order valence-electron chi connectivity index (χ2n) is 6.12. The van der Waals surface area contributed by atoms with Crippen LogP contribution in [0.5, 0.6) is 0 Å². The maximum Gasteiger partial charge on any atom is 0.432 e. The van der Waals surface area contributed by atoms with Gasteiger partial charge in [-0.05, 0) is 41.8 Å². The molecule has 27 heavy (non-hydrogen) atoms. The van der Waals surface area contributed by atoms with Gasteiger partial charge in [-0.3, -0.25) is 10.4 Å². The molecular weight excluding hydrogens is 371 g/mol. The number of hydrogen-bond acceptors (Lipinski definition) is 4. The SMILES string of the molecule is O=C(Nc1n[nH]c2ccccc12)ON1CC=C(c2ccc(F)c(Cl)c2)CC1. The van der Waals surface area contributed by atoms with Crippen molar-refractivity contribution in [1.82, 2.24) is 15.3 Å². The van der Waals surface area contributed by atoms with Gasteiger partial charge in [0.15, 0.2) is 5.82 Å². The highest BCUT2D eigenvalue weighted by Gasteiger charge is 2.18. The van der Waals surface area contributed by atoms with Gasteiger partial charge in [-0.2, -0.15) is 5.10 Å². The predicted octanol–water partition coefficient (Wildman–Crippen LogP) is 4.61. The van der Waals surface area contributed by atoms with E-state index in [2.05, 4.69) is 15.5 Å². The smallest absolute Gasteiger partial charge is 0.350 e. The molecule has 2 N–H and O–H groups in total. The van der Waals surface area contributed by atoms with Gasteiger partial charge in [0.2, 0.25) is 0 Å². The molecule has 4 rings (SSSR count). The Balaban J connectivity index is 1.37. The first-order valence-electron chi connectivity index (χ1n) is 8.41. The fraction of sp³-hybridized carbons (Fsp3) is 0.158. The average molecular weight is 387 g/mol. The number of fused-ring (bicyclic) bond motifs is 1. The molecule has 0 saturated carbocycles. The quantitative estimate of drug-likeness (QED) is 0.689. The summed E-state index contributed by atoms with van der Waals surface area (Å²) in [5, 5.41) is 12.0. The van der Waals surface area contributed by atoms with Crippen LogP contribution in [0.4, 0.5) is 15.0 Å². The highest BCUT2D eigenvalue weighted by molar-refractivity contribution is 6.30. The minimum Gasteiger partial charge on any atom is -0.350 e. The highest BCUT2D eigenvalue weighted by Crippen LogP contribution is 2.26. The molecule has 0 aliphatic carbocycles. The fourth-order valence-electron chi connectivity index (χ4n) is 2.99. The zero-order chi connectivity index (χ0) is 18.8. The second-order valence-corrected chi connectivity index (χ2v) is 6.52. The molecule has 1 aromatic heterocycles. The number of hydrogen-bond donors (Lipinski definition) is 2. The molecule has 1 aliphatic heterocycles. The summed E-state index contributed by atoms with van der Waals surface area (Å²) in [6.45, 7) is 0.953. The number of carbonyl (C=O) groups excluding carboxylic acids is 1. The molecule has 0 unspecified atom stereocenters. The van der Waals surface area contributed by atoms with E-state index in [4.69, 9.17) is 16.4 Å². The van der Waals surface area contributed by atoms with Gasteiger partial charge in [0.05, 0.1) is 17.1 Å². The van der Waals surface area contributed by atoms with Crippen molar-refractivity contribution >= 4 is 40.0 Å². The molecule has 2 aromatic carbocycles. The molecule has 6 nitrogen and oxygen atoms in total. The zero-order valence-corrected chi connectivity index (χ0v) is 15.0. The third kappa shape index (κ3) is 3.79. The van der Waals surface area contributed by atoms with Crippen molar-refractivity contribution in [2.24, 2.45) is 0 Å². The lowest BCUT2D eigenvalue weighted by atomic mass is 10.0. The summed E-state index contributed by atoms with van der Waals surface area (Å²) >= 11 is 5.84. The number of para-hydroxylation sites is 1. The number of hydroxylamine groups is 2. The lowest BCUT2D eigenvalue weighted by Gasteiger charge is -2.25. The van der Waals surface area contributed by atoms with Crippen LogP contribution >= 0.6 is 11.6 Å². The van der Waals surface area contributed by atoms with E-state index in [-0.39, 0.29) is 5.02 Å². The molecule has 0 bridgehead atoms. The van der Waals surface area contributed by atoms with E-state index in [0.29, 0.717) is 25.3 Å². The van der Waals surface area contributed by atoms with Crippen LogP contribution in [0, 0.1) is 5.82 Å². The van der Waals surface area contributed by atoms with E-state index in [1.165, 1.54) is 6.07 Å². The molecule has 2 heterocycles. The van der Waals surface area contributed by atoms with Crippen molar-refractivity contribution in [3.05, 3.63) is 64.9 Å². The lowest BCUT2D eigenvalue weighted by molar-refractivity contribution is -0.0851. The van der Waals surface area contributed by atoms with Crippen LogP contribution < -0.4 is 5.32 Å². The van der Waals surface area contributed by atoms with E-state index in [9.17, 15) is 9.18 Å². The summed E-state index contributed by atoms with van der Waals surface area (Å²) in [6, 6.07) is 12.1. The highest BCUT2D eigenvalue weighted by atomic mass is 35.5. The maximum absolute atomic E-state index is 13.3. The minimum atomic E-state index is -0.603. The van der Waals surface area contributed by atoms with Crippen molar-refractivity contribution in [1.29, 1.82) is 0 Å². The van der Waals surface area contributed by atoms with E-state index >= 15 is 0 Å². The number of amides is 1. The van der Waals surface area contributed by atoms with E-state index in [1.54, 1.807) is 17.2 Å². The molecule has 0 atom stereocenters. The number of H-pyrrole nitrogens is 1. The molecule has 1 amide bonds. The Hall–Kier alpha value is -2.90. The summed E-state index contributed by atoms with van der Waals surface area (Å²) in [5.74, 6) is -0.0193. The van der Waals surface area contributed by atoms with Crippen molar-refractivity contribution in [2.75, 3.05) is 18.4 Å². The van der Waals surface area contributed by atoms with Gasteiger partial charge in [-0.15, -0.1) is 5.06 Å². The van der Waals surface area contributed by atoms with Gasteiger partial charge in [0, 0.05) is 11.9 Å². The number of anilines is 1. The van der Waals surface area contributed by atoms with Crippen LogP contribution in [0.3, 0.4) is 0 Å². The summed E-state index contributed by atoms with van der Waals surface area (Å²) in [7, 11) is 0.